The largest absolute Gasteiger partial charge is 0.478 e. The molecule has 0 spiro atoms. The molecule has 0 aliphatic rings. The maximum absolute atomic E-state index is 13.2. The van der Waals surface area contributed by atoms with Crippen LogP contribution in [0.3, 0.4) is 0 Å². The summed E-state index contributed by atoms with van der Waals surface area (Å²) < 4.78 is 13.2. The van der Waals surface area contributed by atoms with Crippen molar-refractivity contribution in [2.75, 3.05) is 11.9 Å². The summed E-state index contributed by atoms with van der Waals surface area (Å²) in [6.45, 7) is 1.87. The van der Waals surface area contributed by atoms with Gasteiger partial charge in [-0.25, -0.2) is 9.18 Å². The van der Waals surface area contributed by atoms with Crippen molar-refractivity contribution in [1.82, 2.24) is 0 Å². The highest BCUT2D eigenvalue weighted by Crippen LogP contribution is 2.24. The number of carbonyl (C=O) groups is 1. The van der Waals surface area contributed by atoms with Crippen LogP contribution < -0.4 is 4.90 Å². The second kappa shape index (κ2) is 6.55. The van der Waals surface area contributed by atoms with Crippen molar-refractivity contribution in [1.29, 1.82) is 5.26 Å². The number of nitriles is 1. The third-order valence-electron chi connectivity index (χ3n) is 2.82. The van der Waals surface area contributed by atoms with Gasteiger partial charge in [0.15, 0.2) is 0 Å². The Morgan fingerprint density at radius 3 is 2.89 bits per heavy atom. The second-order valence-corrected chi connectivity index (χ2v) is 4.20. The van der Waals surface area contributed by atoms with Gasteiger partial charge in [-0.05, 0) is 31.2 Å². The Kier molecular flexibility index (Phi) is 5.07. The molecular weight excluding hydrogens is 247 g/mol. The van der Waals surface area contributed by atoms with E-state index in [2.05, 4.69) is 6.07 Å². The molecule has 1 rings (SSSR count). The molecule has 0 saturated carbocycles. The van der Waals surface area contributed by atoms with Gasteiger partial charge in [0.25, 0.3) is 0 Å². The lowest BCUT2D eigenvalue weighted by Crippen LogP contribution is -2.28. The van der Waals surface area contributed by atoms with E-state index < -0.39 is 11.8 Å². The van der Waals surface area contributed by atoms with E-state index in [1.807, 2.05) is 11.8 Å². The summed E-state index contributed by atoms with van der Waals surface area (Å²) >= 11 is 0. The first kappa shape index (κ1) is 14.7. The van der Waals surface area contributed by atoms with Crippen LogP contribution in [0.4, 0.5) is 10.1 Å². The van der Waals surface area contributed by atoms with Gasteiger partial charge < -0.3 is 10.0 Å². The topological polar surface area (TPSA) is 64.3 Å². The van der Waals surface area contributed by atoms with Gasteiger partial charge in [-0.3, -0.25) is 0 Å². The number of rotatable bonds is 5. The van der Waals surface area contributed by atoms with Crippen LogP contribution in [-0.4, -0.2) is 24.2 Å². The summed E-state index contributed by atoms with van der Waals surface area (Å²) in [6.07, 6.45) is 2.63. The molecule has 1 N–H and O–H groups in total. The van der Waals surface area contributed by atoms with Crippen molar-refractivity contribution in [3.63, 3.8) is 0 Å². The number of hydrogen-bond acceptors (Lipinski definition) is 3. The number of nitrogens with zero attached hydrogens (tertiary/aromatic N) is 2. The summed E-state index contributed by atoms with van der Waals surface area (Å²) in [7, 11) is 1.79. The molecule has 1 aromatic rings. The van der Waals surface area contributed by atoms with Crippen molar-refractivity contribution in [3.05, 3.63) is 35.7 Å². The van der Waals surface area contributed by atoms with Gasteiger partial charge in [-0.2, -0.15) is 5.26 Å². The standard InChI is InChI=1S/C14H15FN2O2/c1-10(7-8-16)17(2)13-5-4-12(15)9-11(13)3-6-14(18)19/h3-6,9-10H,7H2,1-2H3,(H,18,19)/b6-3+. The van der Waals surface area contributed by atoms with E-state index in [1.54, 1.807) is 13.1 Å². The van der Waals surface area contributed by atoms with Crippen molar-refractivity contribution < 1.29 is 14.3 Å². The minimum atomic E-state index is -1.09. The van der Waals surface area contributed by atoms with E-state index in [9.17, 15) is 9.18 Å². The normalized spacial score (nSPS) is 12.1. The molecule has 19 heavy (non-hydrogen) atoms. The maximum Gasteiger partial charge on any atom is 0.328 e. The minimum absolute atomic E-state index is 0.0487. The van der Waals surface area contributed by atoms with Gasteiger partial charge in [0.2, 0.25) is 0 Å². The van der Waals surface area contributed by atoms with Crippen LogP contribution in [0.2, 0.25) is 0 Å². The molecule has 0 aliphatic carbocycles. The van der Waals surface area contributed by atoms with Gasteiger partial charge in [-0.1, -0.05) is 0 Å². The van der Waals surface area contributed by atoms with Crippen LogP contribution in [0, 0.1) is 17.1 Å². The Labute approximate surface area is 111 Å². The van der Waals surface area contributed by atoms with Crippen molar-refractivity contribution in [2.24, 2.45) is 0 Å². The number of anilines is 1. The van der Waals surface area contributed by atoms with E-state index in [0.29, 0.717) is 17.7 Å². The Balaban J connectivity index is 3.13. The Bertz CT molecular complexity index is 535. The van der Waals surface area contributed by atoms with Gasteiger partial charge in [0.05, 0.1) is 12.5 Å². The molecule has 1 unspecified atom stereocenters. The molecule has 0 aromatic heterocycles. The molecule has 1 aromatic carbocycles. The highest BCUT2D eigenvalue weighted by molar-refractivity contribution is 5.87. The highest BCUT2D eigenvalue weighted by atomic mass is 19.1. The summed E-state index contributed by atoms with van der Waals surface area (Å²) in [5, 5.41) is 17.3. The van der Waals surface area contributed by atoms with Crippen molar-refractivity contribution in [2.45, 2.75) is 19.4 Å². The third kappa shape index (κ3) is 4.11. The fourth-order valence-electron chi connectivity index (χ4n) is 1.65. The Morgan fingerprint density at radius 2 is 2.32 bits per heavy atom. The summed E-state index contributed by atoms with van der Waals surface area (Å²) in [5.41, 5.74) is 1.15. The number of hydrogen-bond donors (Lipinski definition) is 1. The Hall–Kier alpha value is -2.35. The van der Waals surface area contributed by atoms with Crippen LogP contribution >= 0.6 is 0 Å². The van der Waals surface area contributed by atoms with Crippen LogP contribution in [-0.2, 0) is 4.79 Å². The zero-order valence-electron chi connectivity index (χ0n) is 10.8. The van der Waals surface area contributed by atoms with Crippen LogP contribution in [0.15, 0.2) is 24.3 Å². The van der Waals surface area contributed by atoms with Gasteiger partial charge in [0, 0.05) is 30.4 Å². The molecule has 4 nitrogen and oxygen atoms in total. The molecule has 0 amide bonds. The first-order chi connectivity index (χ1) is 8.95. The van der Waals surface area contributed by atoms with E-state index in [4.69, 9.17) is 10.4 Å². The summed E-state index contributed by atoms with van der Waals surface area (Å²) in [5.74, 6) is -1.53. The van der Waals surface area contributed by atoms with Gasteiger partial charge in [-0.15, -0.1) is 0 Å². The SMILES string of the molecule is CC(CC#N)N(C)c1ccc(F)cc1/C=C/C(=O)O. The Morgan fingerprint density at radius 1 is 1.63 bits per heavy atom. The van der Waals surface area contributed by atoms with Gasteiger partial charge >= 0.3 is 5.97 Å². The fraction of sp³-hybridized carbons (Fsp3) is 0.286. The zero-order chi connectivity index (χ0) is 14.4. The lowest BCUT2D eigenvalue weighted by Gasteiger charge is -2.26. The number of aliphatic carboxylic acids is 1. The molecule has 1 atom stereocenters. The number of carboxylic acids is 1. The molecule has 5 heteroatoms. The monoisotopic (exact) mass is 262 g/mol. The second-order valence-electron chi connectivity index (χ2n) is 4.20. The highest BCUT2D eigenvalue weighted by Gasteiger charge is 2.13. The number of halogens is 1. The smallest absolute Gasteiger partial charge is 0.328 e. The lowest BCUT2D eigenvalue weighted by molar-refractivity contribution is -0.131. The molecule has 0 aliphatic heterocycles. The number of carboxylic acid groups (broad SMARTS) is 1. The third-order valence-corrected chi connectivity index (χ3v) is 2.82. The fourth-order valence-corrected chi connectivity index (χ4v) is 1.65. The molecule has 0 radical (unpaired) electrons. The van der Waals surface area contributed by atoms with Crippen molar-refractivity contribution in [3.8, 4) is 6.07 Å². The first-order valence-electron chi connectivity index (χ1n) is 5.76. The van der Waals surface area contributed by atoms with E-state index in [-0.39, 0.29) is 6.04 Å². The first-order valence-corrected chi connectivity index (χ1v) is 5.76. The molecule has 100 valence electrons. The molecule has 0 bridgehead atoms. The predicted molar refractivity (Wildman–Crippen MR) is 71.2 cm³/mol. The van der Waals surface area contributed by atoms with Gasteiger partial charge in [0.1, 0.15) is 5.82 Å². The average molecular weight is 262 g/mol. The molecular formula is C14H15FN2O2. The van der Waals surface area contributed by atoms with E-state index in [1.165, 1.54) is 18.2 Å². The van der Waals surface area contributed by atoms with E-state index >= 15 is 0 Å². The predicted octanol–water partition coefficient (Wildman–Crippen LogP) is 2.66. The van der Waals surface area contributed by atoms with Crippen LogP contribution in [0.5, 0.6) is 0 Å². The van der Waals surface area contributed by atoms with E-state index in [0.717, 1.165) is 6.08 Å². The minimum Gasteiger partial charge on any atom is -0.478 e. The zero-order valence-corrected chi connectivity index (χ0v) is 10.8. The summed E-state index contributed by atoms with van der Waals surface area (Å²) in [4.78, 5) is 12.4. The molecule has 0 fully saturated rings. The lowest BCUT2D eigenvalue weighted by atomic mass is 10.1. The maximum atomic E-state index is 13.2. The van der Waals surface area contributed by atoms with Crippen LogP contribution in [0.1, 0.15) is 18.9 Å². The molecule has 0 heterocycles. The number of benzene rings is 1. The molecule has 0 saturated heterocycles. The average Bonchev–Trinajstić information content (AvgIpc) is 2.36. The quantitative estimate of drug-likeness (QED) is 0.828. The summed E-state index contributed by atoms with van der Waals surface area (Å²) in [6, 6.07) is 6.17. The van der Waals surface area contributed by atoms with Crippen molar-refractivity contribution >= 4 is 17.7 Å². The van der Waals surface area contributed by atoms with Crippen LogP contribution in [0.25, 0.3) is 6.08 Å².